The molecule has 0 aliphatic rings. The van der Waals surface area contributed by atoms with Crippen molar-refractivity contribution in [1.82, 2.24) is 0 Å². The van der Waals surface area contributed by atoms with Crippen LogP contribution >= 0.6 is 0 Å². The lowest BCUT2D eigenvalue weighted by molar-refractivity contribution is -0.116. The number of anilines is 1. The van der Waals surface area contributed by atoms with Crippen molar-refractivity contribution in [3.63, 3.8) is 0 Å². The van der Waals surface area contributed by atoms with Crippen LogP contribution in [0.3, 0.4) is 0 Å². The molecule has 1 rings (SSSR count). The fourth-order valence-corrected chi connectivity index (χ4v) is 2.23. The highest BCUT2D eigenvalue weighted by Gasteiger charge is 2.19. The lowest BCUT2D eigenvalue weighted by atomic mass is 10.1. The average Bonchev–Trinajstić information content (AvgIpc) is 2.41. The number of methoxy groups -OCH3 is 1. The van der Waals surface area contributed by atoms with E-state index in [1.165, 1.54) is 0 Å². The zero-order valence-electron chi connectivity index (χ0n) is 12.4. The standard InChI is InChI=1S/C15H24N2O3/c1-4-5-9-17(10-14(16)19)12-7-6-8-13(20-3)15(12)11(2)18/h6-8,11,18H,4-5,9-10H2,1-3H3,(H2,16,19)/t11-/m0/s1. The molecule has 1 aromatic rings. The molecule has 0 bridgehead atoms. The van der Waals surface area contributed by atoms with Crippen LogP contribution in [0.15, 0.2) is 18.2 Å². The number of hydrogen-bond acceptors (Lipinski definition) is 4. The van der Waals surface area contributed by atoms with Crippen molar-refractivity contribution in [2.75, 3.05) is 25.1 Å². The fourth-order valence-electron chi connectivity index (χ4n) is 2.23. The van der Waals surface area contributed by atoms with E-state index in [-0.39, 0.29) is 12.5 Å². The molecule has 5 heteroatoms. The second kappa shape index (κ2) is 7.75. The molecule has 20 heavy (non-hydrogen) atoms. The summed E-state index contributed by atoms with van der Waals surface area (Å²) in [5, 5.41) is 10.0. The molecule has 0 aliphatic heterocycles. The van der Waals surface area contributed by atoms with Gasteiger partial charge in [0, 0.05) is 17.8 Å². The quantitative estimate of drug-likeness (QED) is 0.762. The Morgan fingerprint density at radius 3 is 2.70 bits per heavy atom. The second-order valence-corrected chi connectivity index (χ2v) is 4.81. The van der Waals surface area contributed by atoms with Gasteiger partial charge in [0.25, 0.3) is 0 Å². The Kier molecular flexibility index (Phi) is 6.31. The minimum Gasteiger partial charge on any atom is -0.496 e. The molecule has 0 fully saturated rings. The van der Waals surface area contributed by atoms with Gasteiger partial charge in [-0.15, -0.1) is 0 Å². The highest BCUT2D eigenvalue weighted by Crippen LogP contribution is 2.34. The van der Waals surface area contributed by atoms with E-state index >= 15 is 0 Å². The fraction of sp³-hybridized carbons (Fsp3) is 0.533. The van der Waals surface area contributed by atoms with Crippen LogP contribution in [0.25, 0.3) is 0 Å². The number of aliphatic hydroxyl groups excluding tert-OH is 1. The molecule has 0 saturated carbocycles. The van der Waals surface area contributed by atoms with Crippen LogP contribution in [0.2, 0.25) is 0 Å². The SMILES string of the molecule is CCCCN(CC(N)=O)c1cccc(OC)c1[C@H](C)O. The maximum atomic E-state index is 11.3. The maximum Gasteiger partial charge on any atom is 0.236 e. The number of nitrogens with two attached hydrogens (primary N) is 1. The van der Waals surface area contributed by atoms with E-state index in [2.05, 4.69) is 6.92 Å². The third-order valence-corrected chi connectivity index (χ3v) is 3.15. The van der Waals surface area contributed by atoms with Gasteiger partial charge in [-0.05, 0) is 25.5 Å². The Hall–Kier alpha value is -1.75. The largest absolute Gasteiger partial charge is 0.496 e. The van der Waals surface area contributed by atoms with Crippen molar-refractivity contribution in [1.29, 1.82) is 0 Å². The highest BCUT2D eigenvalue weighted by atomic mass is 16.5. The van der Waals surface area contributed by atoms with Crippen molar-refractivity contribution in [2.24, 2.45) is 5.73 Å². The molecule has 0 aliphatic carbocycles. The molecule has 112 valence electrons. The lowest BCUT2D eigenvalue weighted by Gasteiger charge is -2.27. The highest BCUT2D eigenvalue weighted by molar-refractivity contribution is 5.80. The van der Waals surface area contributed by atoms with E-state index in [4.69, 9.17) is 10.5 Å². The predicted octanol–water partition coefficient (Wildman–Crippen LogP) is 1.84. The predicted molar refractivity (Wildman–Crippen MR) is 79.9 cm³/mol. The number of unbranched alkanes of at least 4 members (excludes halogenated alkanes) is 1. The summed E-state index contributed by atoms with van der Waals surface area (Å²) in [6.45, 7) is 4.62. The molecular formula is C15H24N2O3. The minimum atomic E-state index is -0.682. The lowest BCUT2D eigenvalue weighted by Crippen LogP contribution is -2.35. The first kappa shape index (κ1) is 16.3. The van der Waals surface area contributed by atoms with Crippen molar-refractivity contribution in [2.45, 2.75) is 32.8 Å². The number of carbonyl (C=O) groups excluding carboxylic acids is 1. The smallest absolute Gasteiger partial charge is 0.236 e. The average molecular weight is 280 g/mol. The molecule has 0 heterocycles. The Morgan fingerprint density at radius 1 is 1.50 bits per heavy atom. The number of primary amides is 1. The number of nitrogens with zero attached hydrogens (tertiary/aromatic N) is 1. The minimum absolute atomic E-state index is 0.132. The van der Waals surface area contributed by atoms with E-state index in [0.717, 1.165) is 18.5 Å². The van der Waals surface area contributed by atoms with Gasteiger partial charge >= 0.3 is 0 Å². The summed E-state index contributed by atoms with van der Waals surface area (Å²) >= 11 is 0. The summed E-state index contributed by atoms with van der Waals surface area (Å²) in [5.41, 5.74) is 6.81. The van der Waals surface area contributed by atoms with Gasteiger partial charge < -0.3 is 20.5 Å². The van der Waals surface area contributed by atoms with E-state index in [1.54, 1.807) is 20.1 Å². The normalized spacial score (nSPS) is 12.0. The molecule has 0 unspecified atom stereocenters. The van der Waals surface area contributed by atoms with Crippen LogP contribution in [0, 0.1) is 0 Å². The van der Waals surface area contributed by atoms with Crippen LogP contribution < -0.4 is 15.4 Å². The van der Waals surface area contributed by atoms with Crippen molar-refractivity contribution in [3.05, 3.63) is 23.8 Å². The van der Waals surface area contributed by atoms with Gasteiger partial charge in [-0.2, -0.15) is 0 Å². The summed E-state index contributed by atoms with van der Waals surface area (Å²) in [5.74, 6) is 0.226. The molecule has 3 N–H and O–H groups in total. The monoisotopic (exact) mass is 280 g/mol. The molecule has 0 aromatic heterocycles. The number of ether oxygens (including phenoxy) is 1. The van der Waals surface area contributed by atoms with E-state index in [1.807, 2.05) is 17.0 Å². The summed E-state index contributed by atoms with van der Waals surface area (Å²) < 4.78 is 5.30. The molecular weight excluding hydrogens is 256 g/mol. The molecule has 5 nitrogen and oxygen atoms in total. The first-order valence-electron chi connectivity index (χ1n) is 6.89. The molecule has 1 atom stereocenters. The number of amides is 1. The van der Waals surface area contributed by atoms with Crippen molar-refractivity contribution in [3.8, 4) is 5.75 Å². The van der Waals surface area contributed by atoms with Gasteiger partial charge in [0.2, 0.25) is 5.91 Å². The van der Waals surface area contributed by atoms with Crippen LogP contribution in [-0.2, 0) is 4.79 Å². The molecule has 1 aromatic carbocycles. The van der Waals surface area contributed by atoms with Crippen LogP contribution in [0.4, 0.5) is 5.69 Å². The van der Waals surface area contributed by atoms with Gasteiger partial charge in [0.05, 0.1) is 19.8 Å². The Bertz CT molecular complexity index is 447. The van der Waals surface area contributed by atoms with Crippen LogP contribution in [-0.4, -0.2) is 31.2 Å². The van der Waals surface area contributed by atoms with Crippen LogP contribution in [0.1, 0.15) is 38.4 Å². The topological polar surface area (TPSA) is 75.8 Å². The Labute approximate surface area is 120 Å². The molecule has 0 spiro atoms. The van der Waals surface area contributed by atoms with Crippen molar-refractivity contribution < 1.29 is 14.6 Å². The molecule has 1 amide bonds. The number of rotatable bonds is 8. The van der Waals surface area contributed by atoms with E-state index in [9.17, 15) is 9.90 Å². The zero-order valence-corrected chi connectivity index (χ0v) is 12.4. The van der Waals surface area contributed by atoms with E-state index in [0.29, 0.717) is 17.9 Å². The van der Waals surface area contributed by atoms with Crippen molar-refractivity contribution >= 4 is 11.6 Å². The second-order valence-electron chi connectivity index (χ2n) is 4.81. The Balaban J connectivity index is 3.19. The number of carbonyl (C=O) groups is 1. The Morgan fingerprint density at radius 2 is 2.20 bits per heavy atom. The number of benzene rings is 1. The third-order valence-electron chi connectivity index (χ3n) is 3.15. The van der Waals surface area contributed by atoms with Gasteiger partial charge in [-0.3, -0.25) is 4.79 Å². The van der Waals surface area contributed by atoms with Gasteiger partial charge in [-0.25, -0.2) is 0 Å². The number of hydrogen-bond donors (Lipinski definition) is 2. The third kappa shape index (κ3) is 4.13. The first-order valence-corrected chi connectivity index (χ1v) is 6.89. The summed E-state index contributed by atoms with van der Waals surface area (Å²) in [7, 11) is 1.56. The molecule has 0 radical (unpaired) electrons. The summed E-state index contributed by atoms with van der Waals surface area (Å²) in [4.78, 5) is 13.2. The van der Waals surface area contributed by atoms with Gasteiger partial charge in [0.1, 0.15) is 5.75 Å². The van der Waals surface area contributed by atoms with E-state index < -0.39 is 6.10 Å². The maximum absolute atomic E-state index is 11.3. The van der Waals surface area contributed by atoms with Gasteiger partial charge in [0.15, 0.2) is 0 Å². The first-order chi connectivity index (χ1) is 9.51. The summed E-state index contributed by atoms with van der Waals surface area (Å²) in [6.07, 6.45) is 1.28. The van der Waals surface area contributed by atoms with Crippen LogP contribution in [0.5, 0.6) is 5.75 Å². The zero-order chi connectivity index (χ0) is 15.1. The van der Waals surface area contributed by atoms with Gasteiger partial charge in [-0.1, -0.05) is 19.4 Å². The molecule has 0 saturated heterocycles. The number of aliphatic hydroxyl groups is 1. The summed E-state index contributed by atoms with van der Waals surface area (Å²) in [6, 6.07) is 5.52.